The smallest absolute Gasteiger partial charge is 0.0602 e. The van der Waals surface area contributed by atoms with Crippen molar-refractivity contribution in [3.63, 3.8) is 0 Å². The lowest BCUT2D eigenvalue weighted by atomic mass is 10.2. The molecule has 0 unspecified atom stereocenters. The van der Waals surface area contributed by atoms with Gasteiger partial charge in [0.25, 0.3) is 0 Å². The van der Waals surface area contributed by atoms with Crippen LogP contribution in [0.15, 0.2) is 18.2 Å². The minimum absolute atomic E-state index is 0.661. The predicted octanol–water partition coefficient (Wildman–Crippen LogP) is 2.28. The van der Waals surface area contributed by atoms with E-state index >= 15 is 0 Å². The summed E-state index contributed by atoms with van der Waals surface area (Å²) in [6.07, 6.45) is 5.36. The van der Waals surface area contributed by atoms with Gasteiger partial charge >= 0.3 is 0 Å². The van der Waals surface area contributed by atoms with Crippen molar-refractivity contribution >= 4 is 0 Å². The Hall–Kier alpha value is -1.37. The van der Waals surface area contributed by atoms with E-state index < -0.39 is 0 Å². The quantitative estimate of drug-likeness (QED) is 0.726. The second kappa shape index (κ2) is 8.68. The minimum Gasteiger partial charge on any atom is -0.311 e. The fourth-order valence-electron chi connectivity index (χ4n) is 1.84. The molecule has 3 heteroatoms. The molecule has 104 valence electrons. The van der Waals surface area contributed by atoms with Gasteiger partial charge in [-0.25, -0.2) is 0 Å². The molecular formula is C16H25N3. The van der Waals surface area contributed by atoms with Gasteiger partial charge in [0.15, 0.2) is 0 Å². The second-order valence-corrected chi connectivity index (χ2v) is 5.15. The van der Waals surface area contributed by atoms with Gasteiger partial charge in [-0.3, -0.25) is 9.88 Å². The van der Waals surface area contributed by atoms with Crippen LogP contribution in [-0.4, -0.2) is 29.5 Å². The van der Waals surface area contributed by atoms with Gasteiger partial charge in [-0.05, 0) is 31.1 Å². The summed E-state index contributed by atoms with van der Waals surface area (Å²) in [6.45, 7) is 10.8. The molecule has 1 heterocycles. The molecule has 19 heavy (non-hydrogen) atoms. The summed E-state index contributed by atoms with van der Waals surface area (Å²) in [4.78, 5) is 6.87. The lowest BCUT2D eigenvalue weighted by Gasteiger charge is -2.17. The van der Waals surface area contributed by atoms with E-state index in [-0.39, 0.29) is 0 Å². The number of aromatic nitrogens is 1. The van der Waals surface area contributed by atoms with Crippen LogP contribution in [0.2, 0.25) is 0 Å². The summed E-state index contributed by atoms with van der Waals surface area (Å²) in [5.74, 6) is 3.35. The molecule has 0 spiro atoms. The average molecular weight is 259 g/mol. The van der Waals surface area contributed by atoms with Crippen LogP contribution in [0.5, 0.6) is 0 Å². The predicted molar refractivity (Wildman–Crippen MR) is 80.6 cm³/mol. The molecule has 0 aliphatic heterocycles. The first kappa shape index (κ1) is 15.7. The molecule has 0 saturated heterocycles. The average Bonchev–Trinajstić information content (AvgIpc) is 2.38. The highest BCUT2D eigenvalue weighted by Gasteiger charge is 2.04. The van der Waals surface area contributed by atoms with Gasteiger partial charge in [-0.1, -0.05) is 32.8 Å². The molecular weight excluding hydrogens is 234 g/mol. The van der Waals surface area contributed by atoms with Crippen LogP contribution in [0, 0.1) is 18.3 Å². The van der Waals surface area contributed by atoms with Gasteiger partial charge < -0.3 is 5.32 Å². The van der Waals surface area contributed by atoms with Crippen molar-refractivity contribution in [2.45, 2.75) is 33.9 Å². The number of rotatable bonds is 8. The lowest BCUT2D eigenvalue weighted by Crippen LogP contribution is -2.24. The molecule has 0 atom stereocenters. The van der Waals surface area contributed by atoms with Gasteiger partial charge in [0, 0.05) is 13.1 Å². The number of terminal acetylenes is 1. The molecule has 0 aromatic carbocycles. The summed E-state index contributed by atoms with van der Waals surface area (Å²) < 4.78 is 0. The number of nitrogens with one attached hydrogen (secondary N) is 1. The van der Waals surface area contributed by atoms with Crippen molar-refractivity contribution in [2.24, 2.45) is 5.92 Å². The SMILES string of the molecule is C#CCN(CC)Cc1cccc(CNCC(C)C)n1. The summed E-state index contributed by atoms with van der Waals surface area (Å²) in [6, 6.07) is 6.19. The molecule has 3 nitrogen and oxygen atoms in total. The van der Waals surface area contributed by atoms with Crippen LogP contribution in [0.4, 0.5) is 0 Å². The summed E-state index contributed by atoms with van der Waals surface area (Å²) in [7, 11) is 0. The molecule has 0 aliphatic carbocycles. The third kappa shape index (κ3) is 6.37. The van der Waals surface area contributed by atoms with Crippen molar-refractivity contribution in [3.8, 4) is 12.3 Å². The fraction of sp³-hybridized carbons (Fsp3) is 0.562. The summed E-state index contributed by atoms with van der Waals surface area (Å²) in [5.41, 5.74) is 2.18. The summed E-state index contributed by atoms with van der Waals surface area (Å²) in [5, 5.41) is 3.41. The Morgan fingerprint density at radius 2 is 2.11 bits per heavy atom. The molecule has 0 bridgehead atoms. The van der Waals surface area contributed by atoms with E-state index in [4.69, 9.17) is 6.42 Å². The second-order valence-electron chi connectivity index (χ2n) is 5.15. The van der Waals surface area contributed by atoms with Crippen LogP contribution >= 0.6 is 0 Å². The molecule has 0 amide bonds. The standard InChI is InChI=1S/C16H25N3/c1-5-10-19(6-2)13-16-9-7-8-15(18-16)12-17-11-14(3)4/h1,7-9,14,17H,6,10-13H2,2-4H3. The van der Waals surface area contributed by atoms with Crippen LogP contribution in [-0.2, 0) is 13.1 Å². The van der Waals surface area contributed by atoms with E-state index in [1.54, 1.807) is 0 Å². The van der Waals surface area contributed by atoms with E-state index in [0.717, 1.165) is 37.6 Å². The maximum absolute atomic E-state index is 5.36. The molecule has 0 fully saturated rings. The summed E-state index contributed by atoms with van der Waals surface area (Å²) >= 11 is 0. The maximum Gasteiger partial charge on any atom is 0.0602 e. The topological polar surface area (TPSA) is 28.2 Å². The molecule has 1 rings (SSSR count). The van der Waals surface area contributed by atoms with Crippen molar-refractivity contribution < 1.29 is 0 Å². The molecule has 1 N–H and O–H groups in total. The highest BCUT2D eigenvalue weighted by Crippen LogP contribution is 2.04. The Labute approximate surface area is 117 Å². The number of nitrogens with zero attached hydrogens (tertiary/aromatic N) is 2. The van der Waals surface area contributed by atoms with Crippen molar-refractivity contribution in [2.75, 3.05) is 19.6 Å². The number of hydrogen-bond acceptors (Lipinski definition) is 3. The third-order valence-corrected chi connectivity index (χ3v) is 2.87. The molecule has 1 aromatic rings. The third-order valence-electron chi connectivity index (χ3n) is 2.87. The van der Waals surface area contributed by atoms with E-state index in [9.17, 15) is 0 Å². The molecule has 0 aliphatic rings. The minimum atomic E-state index is 0.661. The first-order valence-corrected chi connectivity index (χ1v) is 6.97. The van der Waals surface area contributed by atoms with E-state index in [1.807, 2.05) is 0 Å². The normalized spacial score (nSPS) is 10.9. The molecule has 1 aromatic heterocycles. The fourth-order valence-corrected chi connectivity index (χ4v) is 1.84. The maximum atomic E-state index is 5.36. The highest BCUT2D eigenvalue weighted by atomic mass is 15.1. The zero-order valence-corrected chi connectivity index (χ0v) is 12.3. The van der Waals surface area contributed by atoms with Gasteiger partial charge in [0.05, 0.1) is 17.9 Å². The Morgan fingerprint density at radius 3 is 2.74 bits per heavy atom. The first-order chi connectivity index (χ1) is 9.15. The van der Waals surface area contributed by atoms with Crippen LogP contribution in [0.3, 0.4) is 0 Å². The van der Waals surface area contributed by atoms with E-state index in [2.05, 4.69) is 60.1 Å². The zero-order valence-electron chi connectivity index (χ0n) is 12.3. The largest absolute Gasteiger partial charge is 0.311 e. The van der Waals surface area contributed by atoms with E-state index in [0.29, 0.717) is 12.5 Å². The Bertz CT molecular complexity index is 407. The van der Waals surface area contributed by atoms with Gasteiger partial charge in [0.2, 0.25) is 0 Å². The van der Waals surface area contributed by atoms with Gasteiger partial charge in [-0.2, -0.15) is 0 Å². The zero-order chi connectivity index (χ0) is 14.1. The van der Waals surface area contributed by atoms with Crippen molar-refractivity contribution in [1.82, 2.24) is 15.2 Å². The Morgan fingerprint density at radius 1 is 1.37 bits per heavy atom. The van der Waals surface area contributed by atoms with Gasteiger partial charge in [0.1, 0.15) is 0 Å². The lowest BCUT2D eigenvalue weighted by molar-refractivity contribution is 0.312. The van der Waals surface area contributed by atoms with Crippen LogP contribution in [0.1, 0.15) is 32.2 Å². The highest BCUT2D eigenvalue weighted by molar-refractivity contribution is 5.11. The monoisotopic (exact) mass is 259 g/mol. The van der Waals surface area contributed by atoms with E-state index in [1.165, 1.54) is 0 Å². The van der Waals surface area contributed by atoms with Crippen LogP contribution < -0.4 is 5.32 Å². The Kier molecular flexibility index (Phi) is 7.17. The number of pyridine rings is 1. The van der Waals surface area contributed by atoms with Crippen molar-refractivity contribution in [1.29, 1.82) is 0 Å². The van der Waals surface area contributed by atoms with Gasteiger partial charge in [-0.15, -0.1) is 6.42 Å². The number of hydrogen-bond donors (Lipinski definition) is 1. The molecule has 0 radical (unpaired) electrons. The van der Waals surface area contributed by atoms with Crippen LogP contribution in [0.25, 0.3) is 0 Å². The first-order valence-electron chi connectivity index (χ1n) is 6.97. The molecule has 0 saturated carbocycles. The Balaban J connectivity index is 2.54. The van der Waals surface area contributed by atoms with Crippen molar-refractivity contribution in [3.05, 3.63) is 29.6 Å².